The number of H-pyrrole nitrogens is 1. The van der Waals surface area contributed by atoms with Crippen molar-refractivity contribution >= 4 is 27.0 Å². The number of benzene rings is 3. The van der Waals surface area contributed by atoms with E-state index >= 15 is 0 Å². The van der Waals surface area contributed by atoms with E-state index in [1.54, 1.807) is 24.3 Å². The highest BCUT2D eigenvalue weighted by Gasteiger charge is 2.34. The first-order valence-corrected chi connectivity index (χ1v) is 14.0. The summed E-state index contributed by atoms with van der Waals surface area (Å²) in [4.78, 5) is 12.1. The number of nitrogens with zero attached hydrogens (tertiary/aromatic N) is 3. The molecule has 0 radical (unpaired) electrons. The first kappa shape index (κ1) is 25.9. The van der Waals surface area contributed by atoms with E-state index in [4.69, 9.17) is 4.74 Å². The highest BCUT2D eigenvalue weighted by molar-refractivity contribution is 7.89. The van der Waals surface area contributed by atoms with E-state index in [1.807, 2.05) is 51.1 Å². The van der Waals surface area contributed by atoms with Crippen LogP contribution < -0.4 is 4.74 Å². The summed E-state index contributed by atoms with van der Waals surface area (Å²) < 4.78 is 34.9. The van der Waals surface area contributed by atoms with E-state index in [0.717, 1.165) is 27.8 Å². The Morgan fingerprint density at radius 1 is 1.16 bits per heavy atom. The molecule has 2 unspecified atom stereocenters. The lowest BCUT2D eigenvalue weighted by Gasteiger charge is -2.25. The van der Waals surface area contributed by atoms with Gasteiger partial charge in [-0.15, -0.1) is 0 Å². The summed E-state index contributed by atoms with van der Waals surface area (Å²) in [5.41, 5.74) is 5.66. The Morgan fingerprint density at radius 2 is 1.95 bits per heavy atom. The van der Waals surface area contributed by atoms with E-state index < -0.39 is 21.9 Å². The van der Waals surface area contributed by atoms with Crippen molar-refractivity contribution in [1.82, 2.24) is 19.7 Å². The van der Waals surface area contributed by atoms with Crippen LogP contribution in [-0.2, 0) is 21.4 Å². The Labute approximate surface area is 221 Å². The van der Waals surface area contributed by atoms with Gasteiger partial charge in [-0.3, -0.25) is 4.79 Å². The monoisotopic (exact) mass is 534 g/mol. The minimum absolute atomic E-state index is 0.117. The molecule has 1 aliphatic rings. The molecule has 0 spiro atoms. The van der Waals surface area contributed by atoms with Crippen molar-refractivity contribution in [3.05, 3.63) is 82.4 Å². The number of hydrogen-bond donors (Lipinski definition) is 2. The number of aryl methyl sites for hydroxylation is 2. The number of sulfonamides is 1. The quantitative estimate of drug-likeness (QED) is 0.356. The van der Waals surface area contributed by atoms with Crippen LogP contribution in [0.5, 0.6) is 5.75 Å². The van der Waals surface area contributed by atoms with Gasteiger partial charge in [-0.05, 0) is 66.3 Å². The summed E-state index contributed by atoms with van der Waals surface area (Å²) in [6.07, 6.45) is 0.256. The van der Waals surface area contributed by atoms with Crippen LogP contribution in [0.3, 0.4) is 0 Å². The normalized spacial score (nSPS) is 17.9. The number of ether oxygens (including phenoxy) is 1. The zero-order chi connectivity index (χ0) is 27.0. The SMILES string of the molecule is CCC1CN(Cc2cc(C(CC(=O)O)c3ccc4n[nH]nc4c3C)ccc2C)S(=O)(=O)c2ccccc2O1. The Hall–Kier alpha value is -3.76. The molecule has 3 aromatic carbocycles. The number of carboxylic acid groups (broad SMARTS) is 1. The van der Waals surface area contributed by atoms with E-state index in [1.165, 1.54) is 4.31 Å². The second kappa shape index (κ2) is 10.2. The van der Waals surface area contributed by atoms with Gasteiger partial charge in [-0.25, -0.2) is 8.42 Å². The number of aromatic amines is 1. The lowest BCUT2D eigenvalue weighted by atomic mass is 9.84. The fourth-order valence-corrected chi connectivity index (χ4v) is 6.66. The number of para-hydroxylation sites is 1. The summed E-state index contributed by atoms with van der Waals surface area (Å²) >= 11 is 0. The minimum Gasteiger partial charge on any atom is -0.488 e. The van der Waals surface area contributed by atoms with Gasteiger partial charge >= 0.3 is 5.97 Å². The van der Waals surface area contributed by atoms with Crippen molar-refractivity contribution in [3.8, 4) is 5.75 Å². The molecule has 0 bridgehead atoms. The third-order valence-electron chi connectivity index (χ3n) is 7.28. The van der Waals surface area contributed by atoms with Crippen LogP contribution in [0.1, 0.15) is 53.5 Å². The second-order valence-corrected chi connectivity index (χ2v) is 11.6. The molecular formula is C28H30N4O5S. The van der Waals surface area contributed by atoms with Gasteiger partial charge < -0.3 is 9.84 Å². The summed E-state index contributed by atoms with van der Waals surface area (Å²) in [5, 5.41) is 20.8. The molecule has 0 saturated carbocycles. The Bertz CT molecular complexity index is 1610. The topological polar surface area (TPSA) is 125 Å². The van der Waals surface area contributed by atoms with Crippen LogP contribution >= 0.6 is 0 Å². The number of carbonyl (C=O) groups is 1. The summed E-state index contributed by atoms with van der Waals surface area (Å²) in [6, 6.07) is 16.2. The Kier molecular flexibility index (Phi) is 6.93. The summed E-state index contributed by atoms with van der Waals surface area (Å²) in [5.74, 6) is -1.000. The molecule has 0 aliphatic carbocycles. The number of aromatic nitrogens is 3. The minimum atomic E-state index is -3.81. The standard InChI is InChI=1S/C28H30N4O5S/c1-4-21-16-32(38(35,36)26-8-6-5-7-25(26)37-21)15-20-13-19(10-9-17(20)2)23(14-27(33)34)22-11-12-24-28(18(22)3)30-31-29-24/h5-13,21,23H,4,14-16H2,1-3H3,(H,33,34)(H,29,30,31). The second-order valence-electron chi connectivity index (χ2n) is 9.70. The molecule has 4 aromatic rings. The largest absolute Gasteiger partial charge is 0.488 e. The van der Waals surface area contributed by atoms with E-state index in [0.29, 0.717) is 23.2 Å². The molecule has 9 nitrogen and oxygen atoms in total. The molecule has 2 heterocycles. The molecule has 0 saturated heterocycles. The zero-order valence-corrected chi connectivity index (χ0v) is 22.3. The van der Waals surface area contributed by atoms with Crippen LogP contribution in [0.2, 0.25) is 0 Å². The maximum Gasteiger partial charge on any atom is 0.304 e. The third kappa shape index (κ3) is 4.77. The van der Waals surface area contributed by atoms with Gasteiger partial charge in [0, 0.05) is 12.5 Å². The van der Waals surface area contributed by atoms with Gasteiger partial charge in [-0.1, -0.05) is 43.3 Å². The molecule has 0 fully saturated rings. The first-order valence-electron chi connectivity index (χ1n) is 12.6. The smallest absolute Gasteiger partial charge is 0.304 e. The highest BCUT2D eigenvalue weighted by atomic mass is 32.2. The first-order chi connectivity index (χ1) is 18.2. The van der Waals surface area contributed by atoms with Crippen LogP contribution in [-0.4, -0.2) is 51.9 Å². The van der Waals surface area contributed by atoms with Crippen LogP contribution in [0, 0.1) is 13.8 Å². The third-order valence-corrected chi connectivity index (χ3v) is 9.13. The van der Waals surface area contributed by atoms with E-state index in [9.17, 15) is 18.3 Å². The fourth-order valence-electron chi connectivity index (χ4n) is 5.09. The maximum absolute atomic E-state index is 13.7. The molecule has 0 amide bonds. The number of carboxylic acids is 1. The number of nitrogens with one attached hydrogen (secondary N) is 1. The summed E-state index contributed by atoms with van der Waals surface area (Å²) in [6.45, 7) is 6.19. The molecule has 1 aliphatic heterocycles. The van der Waals surface area contributed by atoms with Crippen molar-refractivity contribution in [2.45, 2.75) is 57.1 Å². The number of hydrogen-bond acceptors (Lipinski definition) is 6. The average molecular weight is 535 g/mol. The highest BCUT2D eigenvalue weighted by Crippen LogP contribution is 2.36. The molecule has 5 rings (SSSR count). The van der Waals surface area contributed by atoms with Crippen LogP contribution in [0.15, 0.2) is 59.5 Å². The van der Waals surface area contributed by atoms with Gasteiger partial charge in [-0.2, -0.15) is 19.7 Å². The van der Waals surface area contributed by atoms with Crippen molar-refractivity contribution in [2.75, 3.05) is 6.54 Å². The lowest BCUT2D eigenvalue weighted by Crippen LogP contribution is -2.36. The predicted molar refractivity (Wildman–Crippen MR) is 143 cm³/mol. The van der Waals surface area contributed by atoms with Gasteiger partial charge in [0.15, 0.2) is 0 Å². The van der Waals surface area contributed by atoms with Gasteiger partial charge in [0.2, 0.25) is 10.0 Å². The number of aliphatic carboxylic acids is 1. The fraction of sp³-hybridized carbons (Fsp3) is 0.321. The number of rotatable bonds is 7. The summed E-state index contributed by atoms with van der Waals surface area (Å²) in [7, 11) is -3.81. The predicted octanol–water partition coefficient (Wildman–Crippen LogP) is 4.54. The maximum atomic E-state index is 13.7. The molecule has 2 N–H and O–H groups in total. The number of fused-ring (bicyclic) bond motifs is 2. The molecule has 10 heteroatoms. The van der Waals surface area contributed by atoms with Crippen LogP contribution in [0.25, 0.3) is 11.0 Å². The Morgan fingerprint density at radius 3 is 2.71 bits per heavy atom. The molecule has 198 valence electrons. The van der Waals surface area contributed by atoms with Crippen molar-refractivity contribution in [2.24, 2.45) is 0 Å². The molecular weight excluding hydrogens is 504 g/mol. The van der Waals surface area contributed by atoms with Crippen molar-refractivity contribution in [1.29, 1.82) is 0 Å². The van der Waals surface area contributed by atoms with Crippen molar-refractivity contribution < 1.29 is 23.1 Å². The van der Waals surface area contributed by atoms with E-state index in [2.05, 4.69) is 15.4 Å². The molecule has 38 heavy (non-hydrogen) atoms. The molecule has 1 aromatic heterocycles. The van der Waals surface area contributed by atoms with Gasteiger partial charge in [0.1, 0.15) is 27.8 Å². The van der Waals surface area contributed by atoms with Gasteiger partial charge in [0.25, 0.3) is 0 Å². The molecule has 2 atom stereocenters. The van der Waals surface area contributed by atoms with Crippen LogP contribution in [0.4, 0.5) is 0 Å². The van der Waals surface area contributed by atoms with Gasteiger partial charge in [0.05, 0.1) is 13.0 Å². The van der Waals surface area contributed by atoms with Crippen molar-refractivity contribution in [3.63, 3.8) is 0 Å². The average Bonchev–Trinajstić information content (AvgIpc) is 3.34. The zero-order valence-electron chi connectivity index (χ0n) is 21.5. The van der Waals surface area contributed by atoms with E-state index in [-0.39, 0.29) is 30.5 Å². The Balaban J connectivity index is 1.55. The lowest BCUT2D eigenvalue weighted by molar-refractivity contribution is -0.137.